The molecule has 2 aromatic carbocycles. The summed E-state index contributed by atoms with van der Waals surface area (Å²) in [6.45, 7) is 3.80. The number of anilines is 1. The van der Waals surface area contributed by atoms with E-state index in [9.17, 15) is 14.4 Å². The second-order valence-electron chi connectivity index (χ2n) is 6.27. The molecule has 0 bridgehead atoms. The van der Waals surface area contributed by atoms with Gasteiger partial charge in [-0.1, -0.05) is 23.7 Å². The molecule has 6 nitrogen and oxygen atoms in total. The van der Waals surface area contributed by atoms with Crippen LogP contribution in [0.4, 0.5) is 5.69 Å². The van der Waals surface area contributed by atoms with Crippen molar-refractivity contribution in [1.29, 1.82) is 0 Å². The normalized spacial score (nSPS) is 14.4. The average molecular weight is 386 g/mol. The van der Waals surface area contributed by atoms with E-state index in [-0.39, 0.29) is 5.91 Å². The van der Waals surface area contributed by atoms with Crippen molar-refractivity contribution < 1.29 is 14.4 Å². The lowest BCUT2D eigenvalue weighted by atomic mass is 10.1. The van der Waals surface area contributed by atoms with Gasteiger partial charge in [0.1, 0.15) is 0 Å². The van der Waals surface area contributed by atoms with Crippen molar-refractivity contribution in [1.82, 2.24) is 9.80 Å². The molecule has 0 radical (unpaired) electrons. The summed E-state index contributed by atoms with van der Waals surface area (Å²) in [7, 11) is 0. The molecule has 2 aromatic rings. The highest BCUT2D eigenvalue weighted by Crippen LogP contribution is 2.16. The second-order valence-corrected chi connectivity index (χ2v) is 6.71. The summed E-state index contributed by atoms with van der Waals surface area (Å²) < 4.78 is 0. The van der Waals surface area contributed by atoms with Crippen molar-refractivity contribution in [3.63, 3.8) is 0 Å². The van der Waals surface area contributed by atoms with Gasteiger partial charge in [-0.2, -0.15) is 0 Å². The van der Waals surface area contributed by atoms with Gasteiger partial charge in [-0.3, -0.25) is 14.4 Å². The first-order chi connectivity index (χ1) is 13.0. The zero-order valence-corrected chi connectivity index (χ0v) is 15.7. The average Bonchev–Trinajstić information content (AvgIpc) is 2.68. The van der Waals surface area contributed by atoms with Crippen molar-refractivity contribution in [2.75, 3.05) is 25.0 Å². The number of hydrogen-bond acceptors (Lipinski definition) is 3. The molecule has 140 valence electrons. The van der Waals surface area contributed by atoms with Crippen LogP contribution in [0.25, 0.3) is 0 Å². The number of benzene rings is 2. The van der Waals surface area contributed by atoms with E-state index in [1.807, 2.05) is 6.92 Å². The largest absolute Gasteiger partial charge is 0.333 e. The fourth-order valence-electron chi connectivity index (χ4n) is 2.89. The van der Waals surface area contributed by atoms with Crippen molar-refractivity contribution in [3.05, 3.63) is 64.7 Å². The van der Waals surface area contributed by atoms with Gasteiger partial charge in [0.25, 0.3) is 5.91 Å². The number of rotatable bonds is 5. The molecule has 1 fully saturated rings. The molecule has 0 aromatic heterocycles. The minimum atomic E-state index is -0.479. The summed E-state index contributed by atoms with van der Waals surface area (Å²) in [6, 6.07) is 13.9. The molecule has 0 spiro atoms. The summed E-state index contributed by atoms with van der Waals surface area (Å²) in [5, 5.41) is 3.40. The van der Waals surface area contributed by atoms with Crippen LogP contribution in [0.5, 0.6) is 0 Å². The Labute approximate surface area is 162 Å². The van der Waals surface area contributed by atoms with E-state index in [0.29, 0.717) is 42.5 Å². The zero-order chi connectivity index (χ0) is 19.4. The highest BCUT2D eigenvalue weighted by atomic mass is 35.5. The highest BCUT2D eigenvalue weighted by Gasteiger charge is 2.31. The smallest absolute Gasteiger partial charge is 0.312 e. The third-order valence-electron chi connectivity index (χ3n) is 4.47. The van der Waals surface area contributed by atoms with E-state index in [4.69, 9.17) is 11.6 Å². The number of hydrogen-bond donors (Lipinski definition) is 1. The summed E-state index contributed by atoms with van der Waals surface area (Å²) in [5.41, 5.74) is 2.03. The van der Waals surface area contributed by atoms with Gasteiger partial charge in [-0.15, -0.1) is 0 Å². The number of carbonyl (C=O) groups is 3. The van der Waals surface area contributed by atoms with E-state index < -0.39 is 11.8 Å². The molecule has 1 aliphatic rings. The van der Waals surface area contributed by atoms with E-state index in [2.05, 4.69) is 5.32 Å². The third kappa shape index (κ3) is 4.46. The maximum absolute atomic E-state index is 12.3. The number of amides is 3. The van der Waals surface area contributed by atoms with E-state index in [1.165, 1.54) is 4.90 Å². The highest BCUT2D eigenvalue weighted by molar-refractivity contribution is 6.35. The monoisotopic (exact) mass is 385 g/mol. The molecule has 1 saturated heterocycles. The molecular weight excluding hydrogens is 366 g/mol. The molecule has 27 heavy (non-hydrogen) atoms. The molecule has 1 heterocycles. The fourth-order valence-corrected chi connectivity index (χ4v) is 3.01. The van der Waals surface area contributed by atoms with E-state index in [0.717, 1.165) is 5.56 Å². The summed E-state index contributed by atoms with van der Waals surface area (Å²) in [5.74, 6) is -1.16. The Kier molecular flexibility index (Phi) is 5.76. The predicted molar refractivity (Wildman–Crippen MR) is 104 cm³/mol. The van der Waals surface area contributed by atoms with Crippen LogP contribution in [-0.2, 0) is 16.1 Å². The van der Waals surface area contributed by atoms with Crippen molar-refractivity contribution in [3.8, 4) is 0 Å². The Balaban J connectivity index is 1.61. The van der Waals surface area contributed by atoms with Gasteiger partial charge in [0, 0.05) is 42.5 Å². The minimum Gasteiger partial charge on any atom is -0.333 e. The summed E-state index contributed by atoms with van der Waals surface area (Å²) >= 11 is 5.83. The van der Waals surface area contributed by atoms with Crippen molar-refractivity contribution >= 4 is 35.0 Å². The van der Waals surface area contributed by atoms with Crippen molar-refractivity contribution in [2.24, 2.45) is 0 Å². The first-order valence-corrected chi connectivity index (χ1v) is 9.09. The SMILES string of the molecule is CCN1CCN(Cc2ccc(C(=O)Nc3ccc(Cl)cc3)cc2)C(=O)C1=O. The van der Waals surface area contributed by atoms with E-state index in [1.54, 1.807) is 53.4 Å². The van der Waals surface area contributed by atoms with Crippen LogP contribution in [0.15, 0.2) is 48.5 Å². The molecule has 0 aliphatic carbocycles. The summed E-state index contributed by atoms with van der Waals surface area (Å²) in [4.78, 5) is 39.5. The number of nitrogens with one attached hydrogen (secondary N) is 1. The number of piperazine rings is 1. The van der Waals surface area contributed by atoms with Crippen LogP contribution in [0.2, 0.25) is 5.02 Å². The van der Waals surface area contributed by atoms with Gasteiger partial charge in [0.05, 0.1) is 0 Å². The molecule has 0 atom stereocenters. The topological polar surface area (TPSA) is 69.7 Å². The van der Waals surface area contributed by atoms with Gasteiger partial charge in [0.2, 0.25) is 0 Å². The van der Waals surface area contributed by atoms with Gasteiger partial charge >= 0.3 is 11.8 Å². The number of nitrogens with zero attached hydrogens (tertiary/aromatic N) is 2. The molecule has 7 heteroatoms. The summed E-state index contributed by atoms with van der Waals surface area (Å²) in [6.07, 6.45) is 0. The van der Waals surface area contributed by atoms with Gasteiger partial charge in [0.15, 0.2) is 0 Å². The van der Waals surface area contributed by atoms with Crippen LogP contribution < -0.4 is 5.32 Å². The second kappa shape index (κ2) is 8.22. The Morgan fingerprint density at radius 2 is 1.56 bits per heavy atom. The van der Waals surface area contributed by atoms with Gasteiger partial charge in [-0.05, 0) is 48.9 Å². The van der Waals surface area contributed by atoms with Crippen LogP contribution in [0.3, 0.4) is 0 Å². The van der Waals surface area contributed by atoms with Crippen molar-refractivity contribution in [2.45, 2.75) is 13.5 Å². The minimum absolute atomic E-state index is 0.230. The van der Waals surface area contributed by atoms with Crippen LogP contribution in [0.1, 0.15) is 22.8 Å². The fraction of sp³-hybridized carbons (Fsp3) is 0.250. The quantitative estimate of drug-likeness (QED) is 0.804. The lowest BCUT2D eigenvalue weighted by Gasteiger charge is -2.33. The number of halogens is 1. The maximum atomic E-state index is 12.3. The van der Waals surface area contributed by atoms with Crippen LogP contribution in [0, 0.1) is 0 Å². The Morgan fingerprint density at radius 1 is 0.963 bits per heavy atom. The molecule has 1 aliphatic heterocycles. The standard InChI is InChI=1S/C20H20ClN3O3/c1-2-23-11-12-24(20(27)19(23)26)13-14-3-5-15(6-4-14)18(25)22-17-9-7-16(21)8-10-17/h3-10H,2,11-13H2,1H3,(H,22,25). The molecule has 1 N–H and O–H groups in total. The first kappa shape index (κ1) is 18.9. The molecular formula is C20H20ClN3O3. The molecule has 3 rings (SSSR count). The Morgan fingerprint density at radius 3 is 2.19 bits per heavy atom. The third-order valence-corrected chi connectivity index (χ3v) is 4.72. The Hall–Kier alpha value is -2.86. The van der Waals surface area contributed by atoms with Gasteiger partial charge in [-0.25, -0.2) is 0 Å². The maximum Gasteiger partial charge on any atom is 0.312 e. The first-order valence-electron chi connectivity index (χ1n) is 8.72. The molecule has 3 amide bonds. The lowest BCUT2D eigenvalue weighted by molar-refractivity contribution is -0.156. The van der Waals surface area contributed by atoms with Crippen LogP contribution >= 0.6 is 11.6 Å². The number of likely N-dealkylation sites (N-methyl/N-ethyl adjacent to an activating group) is 1. The van der Waals surface area contributed by atoms with Gasteiger partial charge < -0.3 is 15.1 Å². The molecule has 0 unspecified atom stereocenters. The van der Waals surface area contributed by atoms with Crippen LogP contribution in [-0.4, -0.2) is 47.2 Å². The zero-order valence-electron chi connectivity index (χ0n) is 14.9. The lowest BCUT2D eigenvalue weighted by Crippen LogP contribution is -2.53. The predicted octanol–water partition coefficient (Wildman–Crippen LogP) is 2.78. The Bertz CT molecular complexity index is 850. The number of carbonyl (C=O) groups excluding carboxylic acids is 3. The molecule has 0 saturated carbocycles. The van der Waals surface area contributed by atoms with E-state index >= 15 is 0 Å².